The molecule has 0 radical (unpaired) electrons. The standard InChI is InChI=1S/C14H24N2/c1-4-11(2)12-5-7-13(8-6-12)14(15)9-10-16-3/h5-8,11,14,16H,4,9-10,15H2,1-3H3. The summed E-state index contributed by atoms with van der Waals surface area (Å²) >= 11 is 0. The summed E-state index contributed by atoms with van der Waals surface area (Å²) in [7, 11) is 1.96. The summed E-state index contributed by atoms with van der Waals surface area (Å²) in [5, 5.41) is 3.13. The lowest BCUT2D eigenvalue weighted by atomic mass is 9.95. The zero-order valence-corrected chi connectivity index (χ0v) is 10.7. The van der Waals surface area contributed by atoms with Crippen molar-refractivity contribution >= 4 is 0 Å². The lowest BCUT2D eigenvalue weighted by Crippen LogP contribution is -2.17. The Morgan fingerprint density at radius 2 is 1.75 bits per heavy atom. The van der Waals surface area contributed by atoms with Crippen LogP contribution in [0.4, 0.5) is 0 Å². The van der Waals surface area contributed by atoms with Gasteiger partial charge in [-0.25, -0.2) is 0 Å². The third kappa shape index (κ3) is 3.62. The van der Waals surface area contributed by atoms with E-state index in [2.05, 4.69) is 43.4 Å². The van der Waals surface area contributed by atoms with Crippen molar-refractivity contribution in [3.05, 3.63) is 35.4 Å². The van der Waals surface area contributed by atoms with Crippen molar-refractivity contribution in [2.45, 2.75) is 38.6 Å². The molecule has 2 nitrogen and oxygen atoms in total. The highest BCUT2D eigenvalue weighted by Gasteiger charge is 2.07. The molecule has 1 rings (SSSR count). The lowest BCUT2D eigenvalue weighted by molar-refractivity contribution is 0.615. The predicted molar refractivity (Wildman–Crippen MR) is 70.6 cm³/mol. The molecule has 0 saturated heterocycles. The molecule has 90 valence electrons. The Balaban J connectivity index is 2.63. The second-order valence-electron chi connectivity index (χ2n) is 4.47. The Kier molecular flexibility index (Phi) is 5.50. The van der Waals surface area contributed by atoms with E-state index in [0.29, 0.717) is 5.92 Å². The number of benzene rings is 1. The highest BCUT2D eigenvalue weighted by atomic mass is 14.8. The number of rotatable bonds is 6. The molecule has 0 aromatic heterocycles. The van der Waals surface area contributed by atoms with Crippen LogP contribution >= 0.6 is 0 Å². The summed E-state index contributed by atoms with van der Waals surface area (Å²) in [6.45, 7) is 5.45. The van der Waals surface area contributed by atoms with Gasteiger partial charge in [0, 0.05) is 6.04 Å². The van der Waals surface area contributed by atoms with Gasteiger partial charge in [-0.3, -0.25) is 0 Å². The van der Waals surface area contributed by atoms with Gasteiger partial charge in [0.25, 0.3) is 0 Å². The number of nitrogens with one attached hydrogen (secondary N) is 1. The molecule has 1 aromatic carbocycles. The second-order valence-corrected chi connectivity index (χ2v) is 4.47. The van der Waals surface area contributed by atoms with Crippen LogP contribution < -0.4 is 11.1 Å². The van der Waals surface area contributed by atoms with Crippen molar-refractivity contribution in [2.24, 2.45) is 5.73 Å². The van der Waals surface area contributed by atoms with Crippen LogP contribution in [0.1, 0.15) is 49.8 Å². The van der Waals surface area contributed by atoms with Gasteiger partial charge >= 0.3 is 0 Å². The van der Waals surface area contributed by atoms with Crippen molar-refractivity contribution in [1.82, 2.24) is 5.32 Å². The van der Waals surface area contributed by atoms with Gasteiger partial charge in [0.2, 0.25) is 0 Å². The average molecular weight is 220 g/mol. The number of hydrogen-bond acceptors (Lipinski definition) is 2. The molecular formula is C14H24N2. The summed E-state index contributed by atoms with van der Waals surface area (Å²) in [5.74, 6) is 0.641. The molecule has 0 aliphatic carbocycles. The van der Waals surface area contributed by atoms with Crippen LogP contribution in [-0.4, -0.2) is 13.6 Å². The molecule has 1 aromatic rings. The maximum absolute atomic E-state index is 6.10. The van der Waals surface area contributed by atoms with Crippen molar-refractivity contribution in [2.75, 3.05) is 13.6 Å². The Bertz CT molecular complexity index is 292. The van der Waals surface area contributed by atoms with Crippen LogP contribution in [0.5, 0.6) is 0 Å². The van der Waals surface area contributed by atoms with Crippen LogP contribution in [0, 0.1) is 0 Å². The van der Waals surface area contributed by atoms with Crippen LogP contribution in [0.2, 0.25) is 0 Å². The van der Waals surface area contributed by atoms with E-state index in [-0.39, 0.29) is 6.04 Å². The van der Waals surface area contributed by atoms with Crippen LogP contribution in [0.25, 0.3) is 0 Å². The first-order valence-electron chi connectivity index (χ1n) is 6.19. The SMILES string of the molecule is CCC(C)c1ccc(C(N)CCNC)cc1. The van der Waals surface area contributed by atoms with E-state index in [4.69, 9.17) is 5.73 Å². The van der Waals surface area contributed by atoms with E-state index >= 15 is 0 Å². The van der Waals surface area contributed by atoms with Crippen molar-refractivity contribution in [1.29, 1.82) is 0 Å². The molecular weight excluding hydrogens is 196 g/mol. The van der Waals surface area contributed by atoms with E-state index in [0.717, 1.165) is 13.0 Å². The van der Waals surface area contributed by atoms with Gasteiger partial charge in [-0.15, -0.1) is 0 Å². The van der Waals surface area contributed by atoms with E-state index in [1.54, 1.807) is 0 Å². The minimum absolute atomic E-state index is 0.151. The lowest BCUT2D eigenvalue weighted by Gasteiger charge is -2.14. The van der Waals surface area contributed by atoms with Crippen LogP contribution in [-0.2, 0) is 0 Å². The minimum atomic E-state index is 0.151. The molecule has 0 saturated carbocycles. The predicted octanol–water partition coefficient (Wildman–Crippen LogP) is 2.81. The molecule has 0 bridgehead atoms. The fourth-order valence-electron chi connectivity index (χ4n) is 1.77. The maximum atomic E-state index is 6.10. The quantitative estimate of drug-likeness (QED) is 0.773. The molecule has 0 heterocycles. The van der Waals surface area contributed by atoms with E-state index in [1.165, 1.54) is 17.5 Å². The highest BCUT2D eigenvalue weighted by molar-refractivity contribution is 5.26. The minimum Gasteiger partial charge on any atom is -0.324 e. The molecule has 16 heavy (non-hydrogen) atoms. The zero-order valence-electron chi connectivity index (χ0n) is 10.7. The molecule has 0 aliphatic heterocycles. The van der Waals surface area contributed by atoms with E-state index < -0.39 is 0 Å². The number of nitrogens with two attached hydrogens (primary N) is 1. The molecule has 0 fully saturated rings. The van der Waals surface area contributed by atoms with Crippen molar-refractivity contribution in [3.63, 3.8) is 0 Å². The first-order chi connectivity index (χ1) is 7.69. The molecule has 0 amide bonds. The molecule has 2 atom stereocenters. The smallest absolute Gasteiger partial charge is 0.0306 e. The molecule has 2 heteroatoms. The largest absolute Gasteiger partial charge is 0.324 e. The highest BCUT2D eigenvalue weighted by Crippen LogP contribution is 2.21. The molecule has 2 unspecified atom stereocenters. The third-order valence-electron chi connectivity index (χ3n) is 3.25. The van der Waals surface area contributed by atoms with Gasteiger partial charge in [0.1, 0.15) is 0 Å². The van der Waals surface area contributed by atoms with Crippen molar-refractivity contribution < 1.29 is 0 Å². The van der Waals surface area contributed by atoms with Crippen LogP contribution in [0.15, 0.2) is 24.3 Å². The third-order valence-corrected chi connectivity index (χ3v) is 3.25. The summed E-state index contributed by atoms with van der Waals surface area (Å²) in [4.78, 5) is 0. The molecule has 3 N–H and O–H groups in total. The van der Waals surface area contributed by atoms with Gasteiger partial charge < -0.3 is 11.1 Å². The Morgan fingerprint density at radius 1 is 1.19 bits per heavy atom. The number of hydrogen-bond donors (Lipinski definition) is 2. The zero-order chi connectivity index (χ0) is 12.0. The van der Waals surface area contributed by atoms with Crippen LogP contribution in [0.3, 0.4) is 0 Å². The van der Waals surface area contributed by atoms with Gasteiger partial charge in [-0.2, -0.15) is 0 Å². The van der Waals surface area contributed by atoms with Gasteiger partial charge in [0.15, 0.2) is 0 Å². The maximum Gasteiger partial charge on any atom is 0.0306 e. The summed E-state index contributed by atoms with van der Waals surface area (Å²) < 4.78 is 0. The summed E-state index contributed by atoms with van der Waals surface area (Å²) in [6, 6.07) is 8.91. The first kappa shape index (κ1) is 13.2. The normalized spacial score (nSPS) is 14.8. The van der Waals surface area contributed by atoms with Gasteiger partial charge in [-0.05, 0) is 43.5 Å². The Hall–Kier alpha value is -0.860. The summed E-state index contributed by atoms with van der Waals surface area (Å²) in [5.41, 5.74) is 8.75. The fraction of sp³-hybridized carbons (Fsp3) is 0.571. The van der Waals surface area contributed by atoms with Crippen molar-refractivity contribution in [3.8, 4) is 0 Å². The first-order valence-corrected chi connectivity index (χ1v) is 6.19. The fourth-order valence-corrected chi connectivity index (χ4v) is 1.77. The van der Waals surface area contributed by atoms with E-state index in [9.17, 15) is 0 Å². The summed E-state index contributed by atoms with van der Waals surface area (Å²) in [6.07, 6.45) is 2.17. The molecule has 0 spiro atoms. The van der Waals surface area contributed by atoms with Gasteiger partial charge in [-0.1, -0.05) is 38.1 Å². The molecule has 0 aliphatic rings. The average Bonchev–Trinajstić information content (AvgIpc) is 2.35. The second kappa shape index (κ2) is 6.66. The van der Waals surface area contributed by atoms with E-state index in [1.807, 2.05) is 7.05 Å². The Morgan fingerprint density at radius 3 is 2.25 bits per heavy atom. The monoisotopic (exact) mass is 220 g/mol. The van der Waals surface area contributed by atoms with Gasteiger partial charge in [0.05, 0.1) is 0 Å². The Labute approximate surface area is 99.2 Å². The topological polar surface area (TPSA) is 38.0 Å².